The molecule has 0 aliphatic heterocycles. The summed E-state index contributed by atoms with van der Waals surface area (Å²) in [6, 6.07) is 0. The van der Waals surface area contributed by atoms with Crippen LogP contribution in [0.3, 0.4) is 0 Å². The maximum absolute atomic E-state index is 11.5. The van der Waals surface area contributed by atoms with Gasteiger partial charge < -0.3 is 14.4 Å². The van der Waals surface area contributed by atoms with Crippen LogP contribution >= 0.6 is 23.2 Å². The first kappa shape index (κ1) is 14.7. The first-order valence-electron chi connectivity index (χ1n) is 4.30. The van der Waals surface area contributed by atoms with Gasteiger partial charge in [-0.25, -0.2) is 0 Å². The maximum atomic E-state index is 11.5. The quantitative estimate of drug-likeness (QED) is 0.393. The van der Waals surface area contributed by atoms with Crippen LogP contribution < -0.4 is 0 Å². The van der Waals surface area contributed by atoms with Crippen molar-refractivity contribution >= 4 is 29.1 Å². The molecule has 0 N–H and O–H groups in total. The number of carbonyl (C=O) groups excluding carboxylic acids is 1. The van der Waals surface area contributed by atoms with Gasteiger partial charge in [-0.2, -0.15) is 0 Å². The van der Waals surface area contributed by atoms with Crippen molar-refractivity contribution in [3.8, 4) is 0 Å². The molecule has 0 aliphatic carbocycles. The highest BCUT2D eigenvalue weighted by atomic mass is 35.5. The molecule has 1 amide bonds. The Morgan fingerprint density at radius 1 is 1.47 bits per heavy atom. The van der Waals surface area contributed by atoms with Crippen LogP contribution in [0.1, 0.15) is 0 Å². The van der Waals surface area contributed by atoms with E-state index in [1.807, 2.05) is 0 Å². The highest BCUT2D eigenvalue weighted by Crippen LogP contribution is 2.08. The van der Waals surface area contributed by atoms with Gasteiger partial charge in [-0.1, -0.05) is 29.3 Å². The Morgan fingerprint density at radius 3 is 2.33 bits per heavy atom. The average molecular weight is 256 g/mol. The molecule has 0 radical (unpaired) electrons. The van der Waals surface area contributed by atoms with Crippen molar-refractivity contribution < 1.29 is 14.3 Å². The van der Waals surface area contributed by atoms with Gasteiger partial charge in [-0.05, 0) is 0 Å². The molecule has 0 atom stereocenters. The first-order chi connectivity index (χ1) is 7.06. The molecule has 0 rings (SSSR count). The molecule has 0 spiro atoms. The predicted molar refractivity (Wildman–Crippen MR) is 60.1 cm³/mol. The number of rotatable bonds is 7. The van der Waals surface area contributed by atoms with Crippen LogP contribution in [0, 0.1) is 0 Å². The van der Waals surface area contributed by atoms with Gasteiger partial charge in [0.25, 0.3) is 5.91 Å². The van der Waals surface area contributed by atoms with Crippen molar-refractivity contribution in [2.45, 2.75) is 11.1 Å². The van der Waals surface area contributed by atoms with Gasteiger partial charge in [0, 0.05) is 20.8 Å². The zero-order valence-electron chi connectivity index (χ0n) is 8.78. The van der Waals surface area contributed by atoms with Crippen LogP contribution in [0.2, 0.25) is 0 Å². The highest BCUT2D eigenvalue weighted by Gasteiger charge is 2.22. The van der Waals surface area contributed by atoms with Crippen molar-refractivity contribution in [3.63, 3.8) is 0 Å². The summed E-state index contributed by atoms with van der Waals surface area (Å²) in [6.07, 6.45) is 1.08. The van der Waals surface area contributed by atoms with Crippen LogP contribution in [-0.4, -0.2) is 49.2 Å². The summed E-state index contributed by atoms with van der Waals surface area (Å²) in [5.74, 6) is -0.391. The molecular weight excluding hydrogens is 241 g/mol. The van der Waals surface area contributed by atoms with Gasteiger partial charge >= 0.3 is 0 Å². The van der Waals surface area contributed by atoms with Gasteiger partial charge in [0.15, 0.2) is 11.1 Å². The number of carbonyl (C=O) groups is 1. The predicted octanol–water partition coefficient (Wildman–Crippen LogP) is 1.42. The lowest BCUT2D eigenvalue weighted by Gasteiger charge is -2.25. The molecule has 0 saturated heterocycles. The lowest BCUT2D eigenvalue weighted by Crippen LogP contribution is -2.41. The van der Waals surface area contributed by atoms with E-state index in [4.69, 9.17) is 32.7 Å². The van der Waals surface area contributed by atoms with Crippen molar-refractivity contribution in [2.75, 3.05) is 27.3 Å². The Balaban J connectivity index is 4.38. The van der Waals surface area contributed by atoms with E-state index >= 15 is 0 Å². The summed E-state index contributed by atoms with van der Waals surface area (Å²) < 4.78 is 9.94. The van der Waals surface area contributed by atoms with E-state index < -0.39 is 17.0 Å². The Labute approximate surface area is 99.7 Å². The van der Waals surface area contributed by atoms with Crippen molar-refractivity contribution in [1.82, 2.24) is 4.90 Å². The third kappa shape index (κ3) is 5.37. The average Bonchev–Trinajstić information content (AvgIpc) is 2.23. The second kappa shape index (κ2) is 7.93. The zero-order valence-corrected chi connectivity index (χ0v) is 10.3. The molecule has 0 fully saturated rings. The number of hydrogen-bond donors (Lipinski definition) is 0. The fraction of sp³-hybridized carbons (Fsp3) is 0.667. The Bertz CT molecular complexity index is 208. The molecule has 6 heteroatoms. The number of nitrogens with zero attached hydrogens (tertiary/aromatic N) is 1. The summed E-state index contributed by atoms with van der Waals surface area (Å²) >= 11 is 11.0. The Morgan fingerprint density at radius 2 is 2.00 bits per heavy atom. The number of alkyl halides is 2. The van der Waals surface area contributed by atoms with Crippen LogP contribution in [0.25, 0.3) is 0 Å². The minimum Gasteiger partial charge on any atom is -0.354 e. The van der Waals surface area contributed by atoms with Gasteiger partial charge in [-0.3, -0.25) is 4.79 Å². The standard InChI is InChI=1S/C9H15Cl2NO3/c1-4-5-12(9(13)8(10)11)6-7(14-2)15-3/h4,7-8H,1,5-6H2,2-3H3. The van der Waals surface area contributed by atoms with E-state index in [1.54, 1.807) is 6.08 Å². The maximum Gasteiger partial charge on any atom is 0.256 e. The molecule has 15 heavy (non-hydrogen) atoms. The first-order valence-corrected chi connectivity index (χ1v) is 5.17. The SMILES string of the molecule is C=CCN(CC(OC)OC)C(=O)C(Cl)Cl. The highest BCUT2D eigenvalue weighted by molar-refractivity contribution is 6.53. The molecule has 0 bridgehead atoms. The monoisotopic (exact) mass is 255 g/mol. The summed E-state index contributed by atoms with van der Waals surface area (Å²) in [6.45, 7) is 4.14. The second-order valence-corrected chi connectivity index (χ2v) is 3.83. The third-order valence-corrected chi connectivity index (χ3v) is 2.12. The number of halogens is 2. The van der Waals surface area contributed by atoms with E-state index in [-0.39, 0.29) is 6.54 Å². The lowest BCUT2D eigenvalue weighted by atomic mass is 10.4. The fourth-order valence-corrected chi connectivity index (χ4v) is 1.25. The number of hydrogen-bond acceptors (Lipinski definition) is 3. The molecule has 4 nitrogen and oxygen atoms in total. The Kier molecular flexibility index (Phi) is 7.78. The van der Waals surface area contributed by atoms with Gasteiger partial charge in [-0.15, -0.1) is 6.58 Å². The normalized spacial score (nSPS) is 10.8. The van der Waals surface area contributed by atoms with E-state index in [9.17, 15) is 4.79 Å². The van der Waals surface area contributed by atoms with E-state index in [0.29, 0.717) is 6.54 Å². The third-order valence-electron chi connectivity index (χ3n) is 1.74. The van der Waals surface area contributed by atoms with Crippen molar-refractivity contribution in [3.05, 3.63) is 12.7 Å². The Hall–Kier alpha value is -0.290. The van der Waals surface area contributed by atoms with E-state index in [0.717, 1.165) is 0 Å². The minimum absolute atomic E-state index is 0.258. The number of amides is 1. The van der Waals surface area contributed by atoms with Crippen molar-refractivity contribution in [1.29, 1.82) is 0 Å². The van der Waals surface area contributed by atoms with E-state index in [1.165, 1.54) is 19.1 Å². The molecule has 0 aliphatic rings. The number of ether oxygens (including phenoxy) is 2. The molecule has 88 valence electrons. The molecular formula is C9H15Cl2NO3. The van der Waals surface area contributed by atoms with Gasteiger partial charge in [0.05, 0.1) is 6.54 Å². The molecule has 0 saturated carbocycles. The van der Waals surface area contributed by atoms with Crippen LogP contribution in [-0.2, 0) is 14.3 Å². The molecule has 0 heterocycles. The topological polar surface area (TPSA) is 38.8 Å². The second-order valence-electron chi connectivity index (χ2n) is 2.73. The number of methoxy groups -OCH3 is 2. The van der Waals surface area contributed by atoms with Crippen molar-refractivity contribution in [2.24, 2.45) is 0 Å². The minimum atomic E-state index is -1.08. The molecule has 0 aromatic heterocycles. The van der Waals surface area contributed by atoms with Gasteiger partial charge in [0.1, 0.15) is 0 Å². The van der Waals surface area contributed by atoms with Gasteiger partial charge in [0.2, 0.25) is 0 Å². The largest absolute Gasteiger partial charge is 0.354 e. The zero-order chi connectivity index (χ0) is 11.8. The molecule has 0 aromatic rings. The fourth-order valence-electron chi connectivity index (χ4n) is 0.974. The smallest absolute Gasteiger partial charge is 0.256 e. The van der Waals surface area contributed by atoms with Crippen LogP contribution in [0.4, 0.5) is 0 Å². The summed E-state index contributed by atoms with van der Waals surface area (Å²) in [7, 11) is 2.98. The lowest BCUT2D eigenvalue weighted by molar-refractivity contribution is -0.142. The molecule has 0 aromatic carbocycles. The van der Waals surface area contributed by atoms with Crippen LogP contribution in [0.5, 0.6) is 0 Å². The summed E-state index contributed by atoms with van der Waals surface area (Å²) in [5, 5.41) is 0. The van der Waals surface area contributed by atoms with Crippen LogP contribution in [0.15, 0.2) is 12.7 Å². The summed E-state index contributed by atoms with van der Waals surface area (Å²) in [5.41, 5.74) is 0. The molecule has 0 unspecified atom stereocenters. The summed E-state index contributed by atoms with van der Waals surface area (Å²) in [4.78, 5) is 11.8. The van der Waals surface area contributed by atoms with E-state index in [2.05, 4.69) is 6.58 Å².